The summed E-state index contributed by atoms with van der Waals surface area (Å²) in [6, 6.07) is 0. The highest BCUT2D eigenvalue weighted by atomic mass is 16.6. The van der Waals surface area contributed by atoms with Crippen LogP contribution in [0.3, 0.4) is 0 Å². The van der Waals surface area contributed by atoms with Crippen molar-refractivity contribution in [2.24, 2.45) is 0 Å². The Morgan fingerprint density at radius 2 is 1.78 bits per heavy atom. The van der Waals surface area contributed by atoms with Gasteiger partial charge in [0.25, 0.3) is 0 Å². The predicted octanol–water partition coefficient (Wildman–Crippen LogP) is 2.71. The van der Waals surface area contributed by atoms with Gasteiger partial charge in [-0.3, -0.25) is 0 Å². The maximum absolute atomic E-state index is 11.3. The van der Waals surface area contributed by atoms with Crippen LogP contribution in [0, 0.1) is 0 Å². The molecule has 0 aromatic carbocycles. The van der Waals surface area contributed by atoms with Crippen molar-refractivity contribution in [1.82, 2.24) is 0 Å². The Morgan fingerprint density at radius 3 is 2.17 bits per heavy atom. The van der Waals surface area contributed by atoms with Crippen molar-refractivity contribution in [2.75, 3.05) is 13.2 Å². The average Bonchev–Trinajstić information content (AvgIpc) is 2.19. The number of carbonyl (C=O) groups is 1. The molecular weight excluding hydrogens is 232 g/mol. The van der Waals surface area contributed by atoms with E-state index < -0.39 is 5.97 Å². The van der Waals surface area contributed by atoms with Crippen LogP contribution in [-0.4, -0.2) is 37.0 Å². The number of rotatable bonds is 7. The molecule has 4 nitrogen and oxygen atoms in total. The summed E-state index contributed by atoms with van der Waals surface area (Å²) in [6.07, 6.45) is -0.149. The van der Waals surface area contributed by atoms with Gasteiger partial charge in [0.2, 0.25) is 0 Å². The zero-order chi connectivity index (χ0) is 14.3. The topological polar surface area (TPSA) is 44.8 Å². The van der Waals surface area contributed by atoms with Gasteiger partial charge in [0.1, 0.15) is 12.7 Å². The van der Waals surface area contributed by atoms with Crippen LogP contribution in [0.1, 0.15) is 41.5 Å². The van der Waals surface area contributed by atoms with Crippen LogP contribution < -0.4 is 0 Å². The molecule has 106 valence electrons. The van der Waals surface area contributed by atoms with Gasteiger partial charge in [0.05, 0.1) is 18.3 Å². The quantitative estimate of drug-likeness (QED) is 0.520. The maximum Gasteiger partial charge on any atom is 0.333 e. The highest BCUT2D eigenvalue weighted by Gasteiger charge is 2.21. The minimum Gasteiger partial charge on any atom is -0.459 e. The van der Waals surface area contributed by atoms with Crippen LogP contribution >= 0.6 is 0 Å². The lowest BCUT2D eigenvalue weighted by atomic mass is 10.2. The molecule has 0 rings (SSSR count). The van der Waals surface area contributed by atoms with E-state index in [2.05, 4.69) is 6.58 Å². The van der Waals surface area contributed by atoms with Gasteiger partial charge < -0.3 is 14.2 Å². The minimum absolute atomic E-state index is 0.118. The third-order valence-corrected chi connectivity index (χ3v) is 1.88. The first-order valence-corrected chi connectivity index (χ1v) is 6.24. The van der Waals surface area contributed by atoms with Crippen molar-refractivity contribution in [3.63, 3.8) is 0 Å². The molecule has 0 aliphatic carbocycles. The van der Waals surface area contributed by atoms with Crippen molar-refractivity contribution in [3.8, 4) is 0 Å². The molecule has 0 spiro atoms. The van der Waals surface area contributed by atoms with Gasteiger partial charge >= 0.3 is 5.97 Å². The Labute approximate surface area is 110 Å². The Morgan fingerprint density at radius 1 is 1.22 bits per heavy atom. The summed E-state index contributed by atoms with van der Waals surface area (Å²) in [6.45, 7) is 15.5. The van der Waals surface area contributed by atoms with E-state index in [4.69, 9.17) is 14.2 Å². The minimum atomic E-state index is -0.401. The summed E-state index contributed by atoms with van der Waals surface area (Å²) >= 11 is 0. The van der Waals surface area contributed by atoms with Gasteiger partial charge in [-0.05, 0) is 41.5 Å². The first-order chi connectivity index (χ1) is 8.11. The first-order valence-electron chi connectivity index (χ1n) is 6.24. The van der Waals surface area contributed by atoms with Gasteiger partial charge in [-0.1, -0.05) is 6.58 Å². The largest absolute Gasteiger partial charge is 0.459 e. The van der Waals surface area contributed by atoms with Crippen LogP contribution in [0.25, 0.3) is 0 Å². The molecule has 0 bridgehead atoms. The van der Waals surface area contributed by atoms with Crippen LogP contribution in [0.15, 0.2) is 12.2 Å². The molecule has 0 heterocycles. The molecule has 1 atom stereocenters. The van der Waals surface area contributed by atoms with E-state index in [0.29, 0.717) is 12.2 Å². The van der Waals surface area contributed by atoms with Gasteiger partial charge in [0.15, 0.2) is 0 Å². The zero-order valence-corrected chi connectivity index (χ0v) is 12.4. The van der Waals surface area contributed by atoms with E-state index in [9.17, 15) is 4.79 Å². The van der Waals surface area contributed by atoms with E-state index in [0.717, 1.165) is 0 Å². The fourth-order valence-corrected chi connectivity index (χ4v) is 1.21. The van der Waals surface area contributed by atoms with Crippen molar-refractivity contribution in [2.45, 2.75) is 59.4 Å². The molecule has 0 aromatic rings. The van der Waals surface area contributed by atoms with E-state index >= 15 is 0 Å². The highest BCUT2D eigenvalue weighted by molar-refractivity contribution is 5.86. The Balaban J connectivity index is 4.29. The van der Waals surface area contributed by atoms with E-state index in [1.54, 1.807) is 6.92 Å². The number of ether oxygens (including phenoxy) is 3. The van der Waals surface area contributed by atoms with Crippen molar-refractivity contribution < 1.29 is 19.0 Å². The van der Waals surface area contributed by atoms with Crippen LogP contribution in [0.2, 0.25) is 0 Å². The summed E-state index contributed by atoms with van der Waals surface area (Å²) in [7, 11) is 0. The van der Waals surface area contributed by atoms with Crippen LogP contribution in [0.4, 0.5) is 0 Å². The summed E-state index contributed by atoms with van der Waals surface area (Å²) in [5, 5.41) is 0. The van der Waals surface area contributed by atoms with Crippen molar-refractivity contribution >= 4 is 5.97 Å². The maximum atomic E-state index is 11.3. The lowest BCUT2D eigenvalue weighted by molar-refractivity contribution is -0.154. The SMILES string of the molecule is C=C(C)C(=O)OCC(COC(C)C)OC(C)(C)C. The van der Waals surface area contributed by atoms with Gasteiger partial charge in [0, 0.05) is 5.57 Å². The third-order valence-electron chi connectivity index (χ3n) is 1.88. The van der Waals surface area contributed by atoms with E-state index in [1.807, 2.05) is 34.6 Å². The first kappa shape index (κ1) is 17.1. The molecule has 0 aliphatic rings. The Kier molecular flexibility index (Phi) is 7.18. The molecule has 0 radical (unpaired) electrons. The second-order valence-electron chi connectivity index (χ2n) is 5.61. The lowest BCUT2D eigenvalue weighted by Crippen LogP contribution is -2.35. The fraction of sp³-hybridized carbons (Fsp3) is 0.786. The molecule has 0 N–H and O–H groups in total. The van der Waals surface area contributed by atoms with Gasteiger partial charge in [-0.25, -0.2) is 4.79 Å². The lowest BCUT2D eigenvalue weighted by Gasteiger charge is -2.27. The smallest absolute Gasteiger partial charge is 0.333 e. The molecule has 0 aromatic heterocycles. The molecule has 4 heteroatoms. The van der Waals surface area contributed by atoms with Crippen LogP contribution in [-0.2, 0) is 19.0 Å². The molecule has 0 amide bonds. The van der Waals surface area contributed by atoms with Gasteiger partial charge in [-0.15, -0.1) is 0 Å². The number of hydrogen-bond donors (Lipinski definition) is 0. The second-order valence-corrected chi connectivity index (χ2v) is 5.61. The molecular formula is C14H26O4. The number of carbonyl (C=O) groups excluding carboxylic acids is 1. The standard InChI is InChI=1S/C14H26O4/c1-10(2)13(15)17-9-12(8-16-11(3)4)18-14(5,6)7/h11-12H,1,8-9H2,2-7H3. The fourth-order valence-electron chi connectivity index (χ4n) is 1.21. The number of esters is 1. The summed E-state index contributed by atoms with van der Waals surface area (Å²) in [4.78, 5) is 11.3. The molecule has 18 heavy (non-hydrogen) atoms. The Hall–Kier alpha value is -0.870. The normalized spacial score (nSPS) is 13.5. The highest BCUT2D eigenvalue weighted by Crippen LogP contribution is 2.12. The summed E-state index contributed by atoms with van der Waals surface area (Å²) < 4.78 is 16.4. The summed E-state index contributed by atoms with van der Waals surface area (Å²) in [5.41, 5.74) is 0.0787. The van der Waals surface area contributed by atoms with Crippen molar-refractivity contribution in [1.29, 1.82) is 0 Å². The van der Waals surface area contributed by atoms with Crippen LogP contribution in [0.5, 0.6) is 0 Å². The van der Waals surface area contributed by atoms with Crippen molar-refractivity contribution in [3.05, 3.63) is 12.2 Å². The predicted molar refractivity (Wildman–Crippen MR) is 71.5 cm³/mol. The molecule has 0 fully saturated rings. The zero-order valence-electron chi connectivity index (χ0n) is 12.4. The number of hydrogen-bond acceptors (Lipinski definition) is 4. The molecule has 0 saturated carbocycles. The average molecular weight is 258 g/mol. The van der Waals surface area contributed by atoms with Gasteiger partial charge in [-0.2, -0.15) is 0 Å². The molecule has 0 aliphatic heterocycles. The molecule has 0 saturated heterocycles. The van der Waals surface area contributed by atoms with E-state index in [-0.39, 0.29) is 24.4 Å². The third kappa shape index (κ3) is 9.19. The second kappa shape index (κ2) is 7.54. The monoisotopic (exact) mass is 258 g/mol. The molecule has 1 unspecified atom stereocenters. The van der Waals surface area contributed by atoms with E-state index in [1.165, 1.54) is 0 Å². The summed E-state index contributed by atoms with van der Waals surface area (Å²) in [5.74, 6) is -0.401. The Bertz CT molecular complexity index is 276.